The summed E-state index contributed by atoms with van der Waals surface area (Å²) in [5, 5.41) is 6.52. The molecule has 0 radical (unpaired) electrons. The molecular formula is C24H24N2O4S. The van der Waals surface area contributed by atoms with Crippen molar-refractivity contribution in [2.75, 3.05) is 24.9 Å². The highest BCUT2D eigenvalue weighted by Crippen LogP contribution is 2.40. The molecule has 4 rings (SSSR count). The Labute approximate surface area is 185 Å². The van der Waals surface area contributed by atoms with Gasteiger partial charge in [0, 0.05) is 4.88 Å². The monoisotopic (exact) mass is 436 g/mol. The van der Waals surface area contributed by atoms with Crippen molar-refractivity contribution in [3.05, 3.63) is 70.1 Å². The quantitative estimate of drug-likeness (QED) is 0.563. The van der Waals surface area contributed by atoms with Crippen LogP contribution >= 0.6 is 11.3 Å². The molecule has 3 aromatic rings. The molecule has 1 aromatic heterocycles. The lowest BCUT2D eigenvalue weighted by Crippen LogP contribution is -2.19. The van der Waals surface area contributed by atoms with E-state index in [1.54, 1.807) is 26.4 Å². The van der Waals surface area contributed by atoms with E-state index in [1.165, 1.54) is 16.2 Å². The van der Waals surface area contributed by atoms with E-state index < -0.39 is 0 Å². The van der Waals surface area contributed by atoms with Crippen LogP contribution < -0.4 is 20.1 Å². The number of para-hydroxylation sites is 2. The first kappa shape index (κ1) is 20.9. The Morgan fingerprint density at radius 3 is 2.48 bits per heavy atom. The van der Waals surface area contributed by atoms with Gasteiger partial charge in [0.1, 0.15) is 16.5 Å². The van der Waals surface area contributed by atoms with Gasteiger partial charge in [-0.3, -0.25) is 9.59 Å². The molecule has 1 heterocycles. The van der Waals surface area contributed by atoms with E-state index in [2.05, 4.69) is 10.6 Å². The predicted molar refractivity (Wildman–Crippen MR) is 123 cm³/mol. The molecule has 0 atom stereocenters. The molecular weight excluding hydrogens is 412 g/mol. The summed E-state index contributed by atoms with van der Waals surface area (Å²) in [5.41, 5.74) is 3.08. The van der Waals surface area contributed by atoms with Gasteiger partial charge in [-0.2, -0.15) is 0 Å². The van der Waals surface area contributed by atoms with Crippen LogP contribution in [0.25, 0.3) is 0 Å². The van der Waals surface area contributed by atoms with Crippen molar-refractivity contribution in [1.29, 1.82) is 0 Å². The van der Waals surface area contributed by atoms with Crippen molar-refractivity contribution in [3.63, 3.8) is 0 Å². The zero-order valence-electron chi connectivity index (χ0n) is 17.5. The third-order valence-electron chi connectivity index (χ3n) is 5.28. The SMILES string of the molecule is COc1ccc(CC(=O)Nc2sc3c(c2C(=O)Nc2ccccc2OC)CCC3)cc1. The highest BCUT2D eigenvalue weighted by Gasteiger charge is 2.28. The van der Waals surface area contributed by atoms with Gasteiger partial charge < -0.3 is 20.1 Å². The van der Waals surface area contributed by atoms with Crippen molar-refractivity contribution in [2.45, 2.75) is 25.7 Å². The number of thiophene rings is 1. The molecule has 2 amide bonds. The number of carbonyl (C=O) groups excluding carboxylic acids is 2. The largest absolute Gasteiger partial charge is 0.497 e. The van der Waals surface area contributed by atoms with Crippen LogP contribution in [-0.4, -0.2) is 26.0 Å². The zero-order valence-corrected chi connectivity index (χ0v) is 18.3. The number of fused-ring (bicyclic) bond motifs is 1. The number of anilines is 2. The van der Waals surface area contributed by atoms with Gasteiger partial charge in [-0.25, -0.2) is 0 Å². The van der Waals surface area contributed by atoms with E-state index in [4.69, 9.17) is 9.47 Å². The molecule has 2 aromatic carbocycles. The second kappa shape index (κ2) is 9.22. The van der Waals surface area contributed by atoms with E-state index in [0.717, 1.165) is 36.1 Å². The molecule has 0 saturated carbocycles. The fourth-order valence-electron chi connectivity index (χ4n) is 3.76. The maximum Gasteiger partial charge on any atom is 0.259 e. The van der Waals surface area contributed by atoms with Crippen molar-refractivity contribution >= 4 is 33.8 Å². The van der Waals surface area contributed by atoms with Gasteiger partial charge in [-0.05, 0) is 54.7 Å². The maximum absolute atomic E-state index is 13.2. The molecule has 2 N–H and O–H groups in total. The molecule has 160 valence electrons. The normalized spacial score (nSPS) is 12.2. The van der Waals surface area contributed by atoms with Gasteiger partial charge in [0.05, 0.1) is 31.9 Å². The average Bonchev–Trinajstić information content (AvgIpc) is 3.35. The van der Waals surface area contributed by atoms with Crippen molar-refractivity contribution in [1.82, 2.24) is 0 Å². The van der Waals surface area contributed by atoms with Gasteiger partial charge in [-0.15, -0.1) is 11.3 Å². The fraction of sp³-hybridized carbons (Fsp3) is 0.250. The standard InChI is InChI=1S/C24H24N2O4S/c1-29-16-12-10-15(11-13-16)14-21(27)26-24-22(17-6-5-9-20(17)31-24)23(28)25-18-7-3-4-8-19(18)30-2/h3-4,7-8,10-13H,5-6,9,14H2,1-2H3,(H,25,28)(H,26,27). The van der Waals surface area contributed by atoms with Gasteiger partial charge in [0.15, 0.2) is 0 Å². The Kier molecular flexibility index (Phi) is 6.23. The lowest BCUT2D eigenvalue weighted by Gasteiger charge is -2.12. The summed E-state index contributed by atoms with van der Waals surface area (Å²) in [6, 6.07) is 14.7. The number of nitrogens with one attached hydrogen (secondary N) is 2. The molecule has 7 heteroatoms. The van der Waals surface area contributed by atoms with Crippen LogP contribution in [0.1, 0.15) is 32.8 Å². The lowest BCUT2D eigenvalue weighted by molar-refractivity contribution is -0.115. The topological polar surface area (TPSA) is 76.7 Å². The summed E-state index contributed by atoms with van der Waals surface area (Å²) in [5.74, 6) is 0.946. The van der Waals surface area contributed by atoms with Crippen LogP contribution in [0.5, 0.6) is 11.5 Å². The number of ether oxygens (including phenoxy) is 2. The lowest BCUT2D eigenvalue weighted by atomic mass is 10.1. The van der Waals surface area contributed by atoms with Gasteiger partial charge in [0.2, 0.25) is 5.91 Å². The number of benzene rings is 2. The van der Waals surface area contributed by atoms with E-state index in [9.17, 15) is 9.59 Å². The number of amides is 2. The average molecular weight is 437 g/mol. The van der Waals surface area contributed by atoms with Crippen molar-refractivity contribution < 1.29 is 19.1 Å². The van der Waals surface area contributed by atoms with Crippen LogP contribution in [-0.2, 0) is 24.1 Å². The molecule has 31 heavy (non-hydrogen) atoms. The molecule has 0 bridgehead atoms. The first-order chi connectivity index (χ1) is 15.1. The first-order valence-corrected chi connectivity index (χ1v) is 10.9. The molecule has 1 aliphatic carbocycles. The summed E-state index contributed by atoms with van der Waals surface area (Å²) < 4.78 is 10.5. The van der Waals surface area contributed by atoms with E-state index in [-0.39, 0.29) is 18.2 Å². The number of hydrogen-bond acceptors (Lipinski definition) is 5. The van der Waals surface area contributed by atoms with Gasteiger partial charge in [-0.1, -0.05) is 24.3 Å². The Morgan fingerprint density at radius 2 is 1.74 bits per heavy atom. The highest BCUT2D eigenvalue weighted by atomic mass is 32.1. The third kappa shape index (κ3) is 4.56. The summed E-state index contributed by atoms with van der Waals surface area (Å²) in [6.45, 7) is 0. The smallest absolute Gasteiger partial charge is 0.259 e. The van der Waals surface area contributed by atoms with Crippen molar-refractivity contribution in [3.8, 4) is 11.5 Å². The van der Waals surface area contributed by atoms with E-state index in [1.807, 2.05) is 36.4 Å². The highest BCUT2D eigenvalue weighted by molar-refractivity contribution is 7.17. The second-order valence-corrected chi connectivity index (χ2v) is 8.39. The minimum atomic E-state index is -0.233. The second-order valence-electron chi connectivity index (χ2n) is 7.29. The molecule has 1 aliphatic rings. The number of carbonyl (C=O) groups is 2. The van der Waals surface area contributed by atoms with Gasteiger partial charge in [0.25, 0.3) is 5.91 Å². The Morgan fingerprint density at radius 1 is 0.968 bits per heavy atom. The Bertz CT molecular complexity index is 1110. The van der Waals surface area contributed by atoms with Crippen molar-refractivity contribution in [2.24, 2.45) is 0 Å². The zero-order chi connectivity index (χ0) is 21.8. The summed E-state index contributed by atoms with van der Waals surface area (Å²) in [7, 11) is 3.17. The minimum Gasteiger partial charge on any atom is -0.497 e. The number of rotatable bonds is 7. The van der Waals surface area contributed by atoms with Crippen LogP contribution in [0, 0.1) is 0 Å². The first-order valence-electron chi connectivity index (χ1n) is 10.1. The molecule has 0 saturated heterocycles. The predicted octanol–water partition coefficient (Wildman–Crippen LogP) is 4.69. The number of aryl methyl sites for hydroxylation is 1. The molecule has 0 aliphatic heterocycles. The summed E-state index contributed by atoms with van der Waals surface area (Å²) >= 11 is 1.50. The van der Waals surface area contributed by atoms with E-state index >= 15 is 0 Å². The molecule has 0 fully saturated rings. The van der Waals surface area contributed by atoms with E-state index in [0.29, 0.717) is 22.0 Å². The molecule has 0 unspecified atom stereocenters. The van der Waals surface area contributed by atoms with Crippen LogP contribution in [0.15, 0.2) is 48.5 Å². The maximum atomic E-state index is 13.2. The number of methoxy groups -OCH3 is 2. The third-order valence-corrected chi connectivity index (χ3v) is 6.49. The summed E-state index contributed by atoms with van der Waals surface area (Å²) in [4.78, 5) is 27.1. The summed E-state index contributed by atoms with van der Waals surface area (Å²) in [6.07, 6.45) is 3.02. The van der Waals surface area contributed by atoms with Crippen LogP contribution in [0.3, 0.4) is 0 Å². The minimum absolute atomic E-state index is 0.156. The van der Waals surface area contributed by atoms with Gasteiger partial charge >= 0.3 is 0 Å². The molecule has 0 spiro atoms. The Balaban J connectivity index is 1.54. The molecule has 6 nitrogen and oxygen atoms in total. The van der Waals surface area contributed by atoms with Crippen LogP contribution in [0.2, 0.25) is 0 Å². The van der Waals surface area contributed by atoms with Crippen LogP contribution in [0.4, 0.5) is 10.7 Å². The Hall–Kier alpha value is -3.32. The number of hydrogen-bond donors (Lipinski definition) is 2. The fourth-order valence-corrected chi connectivity index (χ4v) is 5.07.